The van der Waals surface area contributed by atoms with Crippen LogP contribution >= 0.6 is 12.4 Å². The smallest absolute Gasteiger partial charge is 0.0616 e. The summed E-state index contributed by atoms with van der Waals surface area (Å²) in [7, 11) is 0. The highest BCUT2D eigenvalue weighted by molar-refractivity contribution is 5.85. The monoisotopic (exact) mass is 149 g/mol. The summed E-state index contributed by atoms with van der Waals surface area (Å²) >= 11 is 0. The highest BCUT2D eigenvalue weighted by Gasteiger charge is 2.49. The fraction of sp³-hybridized carbons (Fsp3) is 1.00. The lowest BCUT2D eigenvalue weighted by molar-refractivity contribution is 0.250. The topological polar surface area (TPSA) is 32.3 Å². The first kappa shape index (κ1) is 7.32. The van der Waals surface area contributed by atoms with Crippen LogP contribution in [0.2, 0.25) is 0 Å². The van der Waals surface area contributed by atoms with Crippen molar-refractivity contribution < 1.29 is 5.11 Å². The Hall–Kier alpha value is 0.210. The van der Waals surface area contributed by atoms with E-state index in [4.69, 9.17) is 5.11 Å². The van der Waals surface area contributed by atoms with Gasteiger partial charge in [-0.25, -0.2) is 0 Å². The molecule has 0 aromatic heterocycles. The van der Waals surface area contributed by atoms with Crippen LogP contribution < -0.4 is 5.32 Å². The van der Waals surface area contributed by atoms with Crippen molar-refractivity contribution in [1.82, 2.24) is 5.32 Å². The van der Waals surface area contributed by atoms with E-state index in [0.29, 0.717) is 11.8 Å². The van der Waals surface area contributed by atoms with Gasteiger partial charge in [0.1, 0.15) is 0 Å². The number of halogens is 1. The number of aliphatic hydroxyl groups excluding tert-OH is 1. The number of nitrogens with one attached hydrogen (secondary N) is 1. The minimum Gasteiger partial charge on any atom is -0.392 e. The highest BCUT2D eigenvalue weighted by Crippen LogP contribution is 2.42. The summed E-state index contributed by atoms with van der Waals surface area (Å²) < 4.78 is 0. The maximum Gasteiger partial charge on any atom is 0.0616 e. The molecule has 3 heteroatoms. The molecule has 54 valence electrons. The first-order chi connectivity index (χ1) is 3.89. The number of fused-ring (bicyclic) bond motifs is 1. The van der Waals surface area contributed by atoms with E-state index >= 15 is 0 Å². The van der Waals surface area contributed by atoms with Crippen LogP contribution in [0, 0.1) is 11.8 Å². The van der Waals surface area contributed by atoms with Crippen LogP contribution in [0.1, 0.15) is 6.42 Å². The van der Waals surface area contributed by atoms with E-state index in [1.54, 1.807) is 0 Å². The third-order valence-corrected chi connectivity index (χ3v) is 2.32. The summed E-state index contributed by atoms with van der Waals surface area (Å²) in [6.45, 7) is 2.16. The van der Waals surface area contributed by atoms with E-state index in [9.17, 15) is 0 Å². The zero-order valence-corrected chi connectivity index (χ0v) is 6.03. The van der Waals surface area contributed by atoms with Gasteiger partial charge in [-0.15, -0.1) is 12.4 Å². The van der Waals surface area contributed by atoms with Crippen LogP contribution in [-0.4, -0.2) is 24.3 Å². The van der Waals surface area contributed by atoms with Crippen molar-refractivity contribution in [3.05, 3.63) is 0 Å². The lowest BCUT2D eigenvalue weighted by Gasteiger charge is -2.07. The van der Waals surface area contributed by atoms with Crippen molar-refractivity contribution in [2.45, 2.75) is 12.5 Å². The molecule has 2 aliphatic rings. The summed E-state index contributed by atoms with van der Waals surface area (Å²) in [4.78, 5) is 0. The molecular weight excluding hydrogens is 138 g/mol. The second-order valence-corrected chi connectivity index (χ2v) is 2.81. The summed E-state index contributed by atoms with van der Waals surface area (Å²) in [5, 5.41) is 12.3. The molecule has 1 heterocycles. The minimum absolute atomic E-state index is 0. The Morgan fingerprint density at radius 2 is 2.11 bits per heavy atom. The molecule has 1 aliphatic carbocycles. The zero-order chi connectivity index (χ0) is 5.56. The van der Waals surface area contributed by atoms with Gasteiger partial charge in [-0.2, -0.15) is 0 Å². The van der Waals surface area contributed by atoms with E-state index < -0.39 is 0 Å². The molecule has 1 saturated heterocycles. The standard InChI is InChI=1S/C6H11NO.ClH/c8-6-4-1-2-7-3-5(4)6;/h4-8H,1-3H2;1H. The fourth-order valence-corrected chi connectivity index (χ4v) is 1.62. The van der Waals surface area contributed by atoms with Gasteiger partial charge < -0.3 is 10.4 Å². The quantitative estimate of drug-likeness (QED) is 0.509. The first-order valence-electron chi connectivity index (χ1n) is 3.28. The Kier molecular flexibility index (Phi) is 1.99. The second kappa shape index (κ2) is 2.45. The predicted molar refractivity (Wildman–Crippen MR) is 37.7 cm³/mol. The van der Waals surface area contributed by atoms with Gasteiger partial charge >= 0.3 is 0 Å². The van der Waals surface area contributed by atoms with Crippen LogP contribution in [0.5, 0.6) is 0 Å². The van der Waals surface area contributed by atoms with Crippen LogP contribution in [-0.2, 0) is 0 Å². The lowest BCUT2D eigenvalue weighted by atomic mass is 10.2. The average molecular weight is 150 g/mol. The van der Waals surface area contributed by atoms with Gasteiger partial charge in [-0.1, -0.05) is 0 Å². The van der Waals surface area contributed by atoms with E-state index in [2.05, 4.69) is 5.32 Å². The van der Waals surface area contributed by atoms with Crippen molar-refractivity contribution in [2.75, 3.05) is 13.1 Å². The van der Waals surface area contributed by atoms with Gasteiger partial charge in [0.2, 0.25) is 0 Å². The summed E-state index contributed by atoms with van der Waals surface area (Å²) in [6.07, 6.45) is 1.23. The third-order valence-electron chi connectivity index (χ3n) is 2.32. The van der Waals surface area contributed by atoms with Gasteiger partial charge in [0.05, 0.1) is 6.10 Å². The van der Waals surface area contributed by atoms with Crippen LogP contribution in [0.15, 0.2) is 0 Å². The largest absolute Gasteiger partial charge is 0.392 e. The van der Waals surface area contributed by atoms with Crippen LogP contribution in [0.25, 0.3) is 0 Å². The maximum absolute atomic E-state index is 9.09. The van der Waals surface area contributed by atoms with Crippen molar-refractivity contribution in [2.24, 2.45) is 11.8 Å². The average Bonchev–Trinajstić information content (AvgIpc) is 2.46. The Labute approximate surface area is 61.0 Å². The van der Waals surface area contributed by atoms with Crippen molar-refractivity contribution in [3.8, 4) is 0 Å². The minimum atomic E-state index is 0. The third kappa shape index (κ3) is 1.07. The normalized spacial score (nSPS) is 47.0. The first-order valence-corrected chi connectivity index (χ1v) is 3.28. The summed E-state index contributed by atoms with van der Waals surface area (Å²) in [5.41, 5.74) is 0. The maximum atomic E-state index is 9.09. The van der Waals surface area contributed by atoms with Crippen LogP contribution in [0.3, 0.4) is 0 Å². The SMILES string of the molecule is Cl.OC1C2CCNCC12. The van der Waals surface area contributed by atoms with Crippen molar-refractivity contribution in [3.63, 3.8) is 0 Å². The summed E-state index contributed by atoms with van der Waals surface area (Å²) in [5.74, 6) is 1.28. The molecule has 1 aliphatic heterocycles. The molecule has 0 spiro atoms. The molecule has 0 amide bonds. The molecule has 1 saturated carbocycles. The van der Waals surface area contributed by atoms with E-state index in [1.807, 2.05) is 0 Å². The molecule has 2 nitrogen and oxygen atoms in total. The van der Waals surface area contributed by atoms with Crippen molar-refractivity contribution >= 4 is 12.4 Å². The molecule has 0 radical (unpaired) electrons. The lowest BCUT2D eigenvalue weighted by Crippen LogP contribution is -2.23. The Morgan fingerprint density at radius 1 is 1.33 bits per heavy atom. The van der Waals surface area contributed by atoms with Crippen LogP contribution in [0.4, 0.5) is 0 Å². The molecule has 0 aromatic rings. The molecule has 3 atom stereocenters. The second-order valence-electron chi connectivity index (χ2n) is 2.81. The van der Waals surface area contributed by atoms with E-state index in [1.165, 1.54) is 6.42 Å². The Bertz CT molecular complexity index is 97.2. The van der Waals surface area contributed by atoms with E-state index in [-0.39, 0.29) is 18.5 Å². The van der Waals surface area contributed by atoms with Gasteiger partial charge in [0, 0.05) is 12.5 Å². The number of hydrogen-bond acceptors (Lipinski definition) is 2. The molecule has 0 aromatic carbocycles. The Morgan fingerprint density at radius 3 is 2.56 bits per heavy atom. The van der Waals surface area contributed by atoms with Gasteiger partial charge in [0.15, 0.2) is 0 Å². The molecule has 0 bridgehead atoms. The molecule has 9 heavy (non-hydrogen) atoms. The predicted octanol–water partition coefficient (Wildman–Crippen LogP) is 0.00840. The van der Waals surface area contributed by atoms with Crippen molar-refractivity contribution in [1.29, 1.82) is 0 Å². The fourth-order valence-electron chi connectivity index (χ4n) is 1.62. The highest BCUT2D eigenvalue weighted by atomic mass is 35.5. The molecule has 2 rings (SSSR count). The molecular formula is C6H12ClNO. The van der Waals surface area contributed by atoms with Gasteiger partial charge in [0.25, 0.3) is 0 Å². The number of aliphatic hydroxyl groups is 1. The summed E-state index contributed by atoms with van der Waals surface area (Å²) in [6, 6.07) is 0. The Balaban J connectivity index is 0.000000405. The molecule has 2 N–H and O–H groups in total. The number of hydrogen-bond donors (Lipinski definition) is 2. The number of rotatable bonds is 0. The van der Waals surface area contributed by atoms with Gasteiger partial charge in [-0.3, -0.25) is 0 Å². The molecule has 3 unspecified atom stereocenters. The van der Waals surface area contributed by atoms with Gasteiger partial charge in [-0.05, 0) is 18.9 Å². The number of piperidine rings is 1. The van der Waals surface area contributed by atoms with E-state index in [0.717, 1.165) is 13.1 Å². The zero-order valence-electron chi connectivity index (χ0n) is 5.21. The molecule has 2 fully saturated rings.